The maximum Gasteiger partial charge on any atom is 0.283 e. The molecule has 166 valence electrons. The van der Waals surface area contributed by atoms with Crippen molar-refractivity contribution in [3.8, 4) is 0 Å². The van der Waals surface area contributed by atoms with Crippen LogP contribution in [0.1, 0.15) is 41.6 Å². The fourth-order valence-electron chi connectivity index (χ4n) is 3.95. The second kappa shape index (κ2) is 9.35. The quantitative estimate of drug-likeness (QED) is 0.629. The number of hydrogen-bond acceptors (Lipinski definition) is 4. The van der Waals surface area contributed by atoms with E-state index in [-0.39, 0.29) is 16.6 Å². The number of amides is 3. The van der Waals surface area contributed by atoms with Gasteiger partial charge in [-0.1, -0.05) is 42.1 Å². The second-order valence-corrected chi connectivity index (χ2v) is 8.79. The lowest BCUT2D eigenvalue weighted by Crippen LogP contribution is -2.33. The summed E-state index contributed by atoms with van der Waals surface area (Å²) in [6.45, 7) is 3.33. The lowest BCUT2D eigenvalue weighted by atomic mass is 10.1. The first-order valence-electron chi connectivity index (χ1n) is 10.6. The van der Waals surface area contributed by atoms with Crippen LogP contribution in [0, 0.1) is 6.92 Å². The summed E-state index contributed by atoms with van der Waals surface area (Å²) in [6, 6.07) is 11.8. The summed E-state index contributed by atoms with van der Waals surface area (Å²) in [4.78, 5) is 41.4. The molecule has 6 nitrogen and oxygen atoms in total. The number of nitrogens with zero attached hydrogens (tertiary/aromatic N) is 2. The fraction of sp³-hybridized carbons (Fsp3) is 0.292. The van der Waals surface area contributed by atoms with Crippen LogP contribution in [0.3, 0.4) is 0 Å². The summed E-state index contributed by atoms with van der Waals surface area (Å²) in [5, 5.41) is 3.15. The molecule has 0 aromatic heterocycles. The van der Waals surface area contributed by atoms with Gasteiger partial charge in [0, 0.05) is 29.4 Å². The van der Waals surface area contributed by atoms with Crippen LogP contribution in [0.15, 0.2) is 53.2 Å². The van der Waals surface area contributed by atoms with Crippen molar-refractivity contribution in [2.45, 2.75) is 32.6 Å². The van der Waals surface area contributed by atoms with E-state index in [1.165, 1.54) is 0 Å². The first-order chi connectivity index (χ1) is 15.4. The van der Waals surface area contributed by atoms with Gasteiger partial charge in [-0.25, -0.2) is 4.90 Å². The maximum absolute atomic E-state index is 13.0. The monoisotopic (exact) mass is 471 g/mol. The highest BCUT2D eigenvalue weighted by Crippen LogP contribution is 2.33. The molecule has 2 aliphatic rings. The molecule has 2 aliphatic heterocycles. The Balaban J connectivity index is 1.51. The van der Waals surface area contributed by atoms with Crippen LogP contribution in [-0.4, -0.2) is 35.7 Å². The zero-order chi connectivity index (χ0) is 22.8. The molecule has 1 fully saturated rings. The minimum atomic E-state index is -0.613. The number of rotatable bonds is 4. The Morgan fingerprint density at radius 2 is 1.56 bits per heavy atom. The molecule has 0 atom stereocenters. The molecule has 0 unspecified atom stereocenters. The molecule has 0 radical (unpaired) electrons. The SMILES string of the molecule is Cc1ccc(Cl)cc1N1C(=O)C(Cl)=C(Nc2ccc(C(=O)N3CCCCCC3)cc2)C1=O. The van der Waals surface area contributed by atoms with Crippen LogP contribution in [0.5, 0.6) is 0 Å². The Morgan fingerprint density at radius 3 is 2.22 bits per heavy atom. The van der Waals surface area contributed by atoms with Gasteiger partial charge in [-0.3, -0.25) is 14.4 Å². The summed E-state index contributed by atoms with van der Waals surface area (Å²) in [5.41, 5.74) is 2.24. The largest absolute Gasteiger partial charge is 0.350 e. The molecule has 1 N–H and O–H groups in total. The van der Waals surface area contributed by atoms with E-state index in [0.29, 0.717) is 22.0 Å². The number of benzene rings is 2. The van der Waals surface area contributed by atoms with Gasteiger partial charge in [0.2, 0.25) is 0 Å². The lowest BCUT2D eigenvalue weighted by molar-refractivity contribution is -0.120. The van der Waals surface area contributed by atoms with Gasteiger partial charge in [0.05, 0.1) is 5.69 Å². The van der Waals surface area contributed by atoms with Crippen molar-refractivity contribution >= 4 is 52.3 Å². The summed E-state index contributed by atoms with van der Waals surface area (Å²) in [7, 11) is 0. The molecule has 0 aliphatic carbocycles. The van der Waals surface area contributed by atoms with E-state index in [1.807, 2.05) is 4.90 Å². The molecule has 2 aromatic carbocycles. The topological polar surface area (TPSA) is 69.7 Å². The molecular weight excluding hydrogens is 449 g/mol. The Labute approximate surface area is 196 Å². The summed E-state index contributed by atoms with van der Waals surface area (Å²) in [5.74, 6) is -1.17. The molecule has 0 spiro atoms. The zero-order valence-corrected chi connectivity index (χ0v) is 19.2. The predicted octanol–water partition coefficient (Wildman–Crippen LogP) is 5.10. The van der Waals surface area contributed by atoms with Crippen molar-refractivity contribution in [1.29, 1.82) is 0 Å². The van der Waals surface area contributed by atoms with E-state index in [1.54, 1.807) is 49.4 Å². The van der Waals surface area contributed by atoms with Gasteiger partial charge in [0.25, 0.3) is 17.7 Å². The van der Waals surface area contributed by atoms with E-state index >= 15 is 0 Å². The van der Waals surface area contributed by atoms with E-state index in [0.717, 1.165) is 49.2 Å². The third-order valence-electron chi connectivity index (χ3n) is 5.73. The summed E-state index contributed by atoms with van der Waals surface area (Å²) in [6.07, 6.45) is 4.36. The van der Waals surface area contributed by atoms with Gasteiger partial charge >= 0.3 is 0 Å². The second-order valence-electron chi connectivity index (χ2n) is 7.97. The van der Waals surface area contributed by atoms with Gasteiger partial charge in [0.15, 0.2) is 0 Å². The minimum absolute atomic E-state index is 0.00502. The molecule has 0 saturated carbocycles. The summed E-state index contributed by atoms with van der Waals surface area (Å²) >= 11 is 12.3. The normalized spacial score (nSPS) is 17.1. The van der Waals surface area contributed by atoms with E-state index in [2.05, 4.69) is 5.32 Å². The Hall–Kier alpha value is -2.83. The number of aryl methyl sites for hydroxylation is 1. The Kier molecular flexibility index (Phi) is 6.53. The number of nitrogens with one attached hydrogen (secondary N) is 1. The van der Waals surface area contributed by atoms with Crippen LogP contribution in [-0.2, 0) is 9.59 Å². The van der Waals surface area contributed by atoms with Crippen molar-refractivity contribution in [3.63, 3.8) is 0 Å². The molecule has 4 rings (SSSR count). The molecule has 32 heavy (non-hydrogen) atoms. The van der Waals surface area contributed by atoms with E-state index in [4.69, 9.17) is 23.2 Å². The number of carbonyl (C=O) groups excluding carboxylic acids is 3. The zero-order valence-electron chi connectivity index (χ0n) is 17.7. The molecule has 3 amide bonds. The highest BCUT2D eigenvalue weighted by Gasteiger charge is 2.39. The van der Waals surface area contributed by atoms with Crippen LogP contribution < -0.4 is 10.2 Å². The first-order valence-corrected chi connectivity index (χ1v) is 11.3. The van der Waals surface area contributed by atoms with Crippen molar-refractivity contribution in [3.05, 3.63) is 69.3 Å². The van der Waals surface area contributed by atoms with Gasteiger partial charge in [0.1, 0.15) is 10.7 Å². The number of carbonyl (C=O) groups is 3. The summed E-state index contributed by atoms with van der Waals surface area (Å²) < 4.78 is 0. The predicted molar refractivity (Wildman–Crippen MR) is 126 cm³/mol. The number of hydrogen-bond donors (Lipinski definition) is 1. The van der Waals surface area contributed by atoms with Crippen LogP contribution in [0.4, 0.5) is 11.4 Å². The standard InChI is InChI=1S/C24H23Cl2N3O3/c1-15-6-9-17(25)14-19(15)29-23(31)20(26)21(24(29)32)27-18-10-7-16(8-11-18)22(30)28-12-4-2-3-5-13-28/h6-11,14,27H,2-5,12-13H2,1H3. The number of anilines is 2. The lowest BCUT2D eigenvalue weighted by Gasteiger charge is -2.20. The highest BCUT2D eigenvalue weighted by atomic mass is 35.5. The average molecular weight is 472 g/mol. The smallest absolute Gasteiger partial charge is 0.283 e. The van der Waals surface area contributed by atoms with Gasteiger partial charge in [-0.05, 0) is 61.7 Å². The molecule has 0 bridgehead atoms. The van der Waals surface area contributed by atoms with E-state index < -0.39 is 11.8 Å². The molecule has 2 aromatic rings. The van der Waals surface area contributed by atoms with E-state index in [9.17, 15) is 14.4 Å². The van der Waals surface area contributed by atoms with Crippen molar-refractivity contribution in [2.75, 3.05) is 23.3 Å². The Bertz CT molecular complexity index is 1100. The fourth-order valence-corrected chi connectivity index (χ4v) is 4.33. The van der Waals surface area contributed by atoms with Gasteiger partial charge in [-0.15, -0.1) is 0 Å². The van der Waals surface area contributed by atoms with Crippen LogP contribution in [0.2, 0.25) is 5.02 Å². The third kappa shape index (κ3) is 4.38. The molecular formula is C24H23Cl2N3O3. The molecule has 1 saturated heterocycles. The van der Waals surface area contributed by atoms with Crippen LogP contribution in [0.25, 0.3) is 0 Å². The maximum atomic E-state index is 13.0. The third-order valence-corrected chi connectivity index (χ3v) is 6.32. The minimum Gasteiger partial charge on any atom is -0.350 e. The van der Waals surface area contributed by atoms with Crippen molar-refractivity contribution in [1.82, 2.24) is 4.90 Å². The molecule has 2 heterocycles. The number of halogens is 2. The number of imide groups is 1. The highest BCUT2D eigenvalue weighted by molar-refractivity contribution is 6.53. The number of likely N-dealkylation sites (tertiary alicyclic amines) is 1. The average Bonchev–Trinajstić information content (AvgIpc) is 2.99. The Morgan fingerprint density at radius 1 is 0.906 bits per heavy atom. The van der Waals surface area contributed by atoms with Crippen LogP contribution >= 0.6 is 23.2 Å². The first kappa shape index (κ1) is 22.4. The molecule has 8 heteroatoms. The van der Waals surface area contributed by atoms with Gasteiger partial charge < -0.3 is 10.2 Å². The van der Waals surface area contributed by atoms with Crippen molar-refractivity contribution in [2.24, 2.45) is 0 Å². The van der Waals surface area contributed by atoms with Gasteiger partial charge in [-0.2, -0.15) is 0 Å². The van der Waals surface area contributed by atoms with Crippen molar-refractivity contribution < 1.29 is 14.4 Å².